The smallest absolute Gasteiger partial charge is 0.247 e. The Kier molecular flexibility index (Phi) is 12.3. The van der Waals surface area contributed by atoms with Crippen molar-refractivity contribution in [1.29, 1.82) is 0 Å². The predicted octanol–water partition coefficient (Wildman–Crippen LogP) is -10.4. The van der Waals surface area contributed by atoms with Crippen LogP contribution in [-0.2, 0) is 33.2 Å². The molecule has 4 rings (SSSR count). The van der Waals surface area contributed by atoms with E-state index in [0.29, 0.717) is 0 Å². The van der Waals surface area contributed by atoms with Crippen LogP contribution < -0.4 is 0 Å². The summed E-state index contributed by atoms with van der Waals surface area (Å²) in [7, 11) is 0. The van der Waals surface area contributed by atoms with Crippen LogP contribution in [0.1, 0.15) is 0 Å². The Morgan fingerprint density at radius 1 is 0.609 bits per heavy atom. The van der Waals surface area contributed by atoms with Gasteiger partial charge in [-0.3, -0.25) is 0 Å². The lowest BCUT2D eigenvalue weighted by Gasteiger charge is -2.48. The molecule has 4 heterocycles. The quantitative estimate of drug-likeness (QED) is 0.0951. The summed E-state index contributed by atoms with van der Waals surface area (Å²) in [6.45, 7) is -4.50. The second kappa shape index (κ2) is 14.9. The molecule has 22 nitrogen and oxygen atoms in total. The van der Waals surface area contributed by atoms with E-state index in [1.165, 1.54) is 0 Å². The zero-order chi connectivity index (χ0) is 34.3. The molecule has 0 aromatic rings. The highest BCUT2D eigenvalue weighted by atomic mass is 16.8. The van der Waals surface area contributed by atoms with Crippen LogP contribution in [0.25, 0.3) is 0 Å². The van der Waals surface area contributed by atoms with Crippen molar-refractivity contribution < 1.29 is 110 Å². The molecular formula is C24H42O22. The highest BCUT2D eigenvalue weighted by Crippen LogP contribution is 2.35. The molecule has 46 heavy (non-hydrogen) atoms. The van der Waals surface area contributed by atoms with E-state index in [-0.39, 0.29) is 0 Å². The third kappa shape index (κ3) is 7.19. The van der Waals surface area contributed by atoms with E-state index >= 15 is 0 Å². The molecule has 19 atom stereocenters. The number of aliphatic hydroxyl groups is 15. The molecule has 1 unspecified atom stereocenters. The predicted molar refractivity (Wildman–Crippen MR) is 135 cm³/mol. The summed E-state index contributed by atoms with van der Waals surface area (Å²) >= 11 is 0. The highest BCUT2D eigenvalue weighted by molar-refractivity contribution is 4.98. The SMILES string of the molecule is OC[C@H]1O[C@@H](O[C@@H]2[C@H](O)CO[C@@](O)(COC(O)[C@]3(O)OC[C@@H](O)[C@@H](O[C@@H]4O[C@H](CO)[C@@H](O)[C@H](O)[C@H]4O)[C@@H]3O)[C@H]2O)[C@H](O)[C@@H](O)[C@H]1O. The molecule has 0 aliphatic carbocycles. The summed E-state index contributed by atoms with van der Waals surface area (Å²) in [5.74, 6) is -6.00. The molecule has 0 aromatic heterocycles. The molecule has 0 spiro atoms. The third-order valence-electron chi connectivity index (χ3n) is 8.34. The van der Waals surface area contributed by atoms with Crippen molar-refractivity contribution in [3.63, 3.8) is 0 Å². The maximum atomic E-state index is 11.0. The van der Waals surface area contributed by atoms with Crippen LogP contribution >= 0.6 is 0 Å². The molecule has 22 heteroatoms. The normalized spacial score (nSPS) is 52.8. The van der Waals surface area contributed by atoms with Crippen molar-refractivity contribution >= 4 is 0 Å². The first-order valence-electron chi connectivity index (χ1n) is 14.2. The summed E-state index contributed by atoms with van der Waals surface area (Å²) in [6.07, 6.45) is -32.3. The minimum absolute atomic E-state index is 0.764. The van der Waals surface area contributed by atoms with Gasteiger partial charge in [0.25, 0.3) is 0 Å². The lowest BCUT2D eigenvalue weighted by molar-refractivity contribution is -0.422. The van der Waals surface area contributed by atoms with Gasteiger partial charge >= 0.3 is 0 Å². The van der Waals surface area contributed by atoms with E-state index in [9.17, 15) is 76.6 Å². The monoisotopic (exact) mass is 682 g/mol. The largest absolute Gasteiger partial charge is 0.394 e. The molecule has 0 radical (unpaired) electrons. The summed E-state index contributed by atoms with van der Waals surface area (Å²) in [5, 5.41) is 154. The van der Waals surface area contributed by atoms with Crippen molar-refractivity contribution in [2.24, 2.45) is 0 Å². The lowest BCUT2D eigenvalue weighted by Crippen LogP contribution is -2.70. The van der Waals surface area contributed by atoms with E-state index in [0.717, 1.165) is 0 Å². The fourth-order valence-corrected chi connectivity index (χ4v) is 5.38. The first-order valence-corrected chi connectivity index (χ1v) is 14.2. The third-order valence-corrected chi connectivity index (χ3v) is 8.34. The highest BCUT2D eigenvalue weighted by Gasteiger charge is 2.59. The average Bonchev–Trinajstić information content (AvgIpc) is 3.03. The number of hydrogen-bond donors (Lipinski definition) is 15. The van der Waals surface area contributed by atoms with E-state index in [4.69, 9.17) is 33.2 Å². The van der Waals surface area contributed by atoms with Gasteiger partial charge in [-0.25, -0.2) is 0 Å². The lowest BCUT2D eigenvalue weighted by atomic mass is 9.94. The van der Waals surface area contributed by atoms with E-state index in [2.05, 4.69) is 0 Å². The molecule has 0 amide bonds. The molecular weight excluding hydrogens is 640 g/mol. The van der Waals surface area contributed by atoms with Gasteiger partial charge in [0.15, 0.2) is 12.6 Å². The molecule has 4 aliphatic heterocycles. The molecule has 0 aromatic carbocycles. The van der Waals surface area contributed by atoms with Crippen molar-refractivity contribution in [2.45, 2.75) is 116 Å². The molecule has 0 saturated carbocycles. The molecule has 4 saturated heterocycles. The first kappa shape index (κ1) is 37.9. The van der Waals surface area contributed by atoms with Crippen molar-refractivity contribution in [1.82, 2.24) is 0 Å². The molecule has 4 aliphatic rings. The topological polar surface area (TPSA) is 368 Å². The van der Waals surface area contributed by atoms with Gasteiger partial charge in [0.2, 0.25) is 17.9 Å². The van der Waals surface area contributed by atoms with Crippen LogP contribution in [0.15, 0.2) is 0 Å². The summed E-state index contributed by atoms with van der Waals surface area (Å²) in [4.78, 5) is 0. The second-order valence-corrected chi connectivity index (χ2v) is 11.5. The van der Waals surface area contributed by atoms with Gasteiger partial charge in [-0.05, 0) is 0 Å². The average molecular weight is 683 g/mol. The fraction of sp³-hybridized carbons (Fsp3) is 1.00. The zero-order valence-corrected chi connectivity index (χ0v) is 23.9. The fourth-order valence-electron chi connectivity index (χ4n) is 5.38. The molecule has 270 valence electrons. The van der Waals surface area contributed by atoms with Crippen LogP contribution in [0.3, 0.4) is 0 Å². The second-order valence-electron chi connectivity index (χ2n) is 11.5. The minimum Gasteiger partial charge on any atom is -0.394 e. The number of aliphatic hydroxyl groups excluding tert-OH is 13. The maximum Gasteiger partial charge on any atom is 0.247 e. The molecule has 0 bridgehead atoms. The Hall–Kier alpha value is -0.880. The molecule has 15 N–H and O–H groups in total. The minimum atomic E-state index is -3.15. The van der Waals surface area contributed by atoms with E-state index in [1.807, 2.05) is 0 Å². The van der Waals surface area contributed by atoms with Gasteiger partial charge in [-0.2, -0.15) is 0 Å². The van der Waals surface area contributed by atoms with Crippen LogP contribution in [0, 0.1) is 0 Å². The van der Waals surface area contributed by atoms with Crippen LogP contribution in [0.4, 0.5) is 0 Å². The standard InChI is InChI=1S/C24H42O22/c25-1-8-10(29)12(31)14(33)20(43-8)45-16-6(27)3-41-23(38,18(16)35)5-40-22(37)24(39)19(36)17(7(28)4-42-24)46-21-15(34)13(32)11(30)9(2-26)44-21/h6-22,25-39H,1-5H2/t6-,7-,8-,9-,10+,11-,12+,13+,14-,15-,16-,17-,18+,19+,20+,21+,22?,23+,24-/m1/s1. The summed E-state index contributed by atoms with van der Waals surface area (Å²) in [6, 6.07) is 0. The Balaban J connectivity index is 1.41. The summed E-state index contributed by atoms with van der Waals surface area (Å²) in [5.41, 5.74) is 0. The Morgan fingerprint density at radius 2 is 1.04 bits per heavy atom. The van der Waals surface area contributed by atoms with Crippen LogP contribution in [0.2, 0.25) is 0 Å². The number of ether oxygens (including phenoxy) is 7. The van der Waals surface area contributed by atoms with Gasteiger partial charge < -0.3 is 110 Å². The Morgan fingerprint density at radius 3 is 1.50 bits per heavy atom. The summed E-state index contributed by atoms with van der Waals surface area (Å²) < 4.78 is 36.1. The Labute approximate surface area is 259 Å². The van der Waals surface area contributed by atoms with Gasteiger partial charge in [0.1, 0.15) is 92.1 Å². The van der Waals surface area contributed by atoms with Gasteiger partial charge in [0.05, 0.1) is 26.4 Å². The number of rotatable bonds is 10. The molecule has 4 fully saturated rings. The van der Waals surface area contributed by atoms with E-state index < -0.39 is 149 Å². The van der Waals surface area contributed by atoms with Crippen molar-refractivity contribution in [2.75, 3.05) is 33.0 Å². The van der Waals surface area contributed by atoms with Gasteiger partial charge in [-0.1, -0.05) is 0 Å². The van der Waals surface area contributed by atoms with Crippen molar-refractivity contribution in [3.05, 3.63) is 0 Å². The Bertz CT molecular complexity index is 976. The van der Waals surface area contributed by atoms with Gasteiger partial charge in [-0.15, -0.1) is 0 Å². The van der Waals surface area contributed by atoms with Crippen LogP contribution in [0.5, 0.6) is 0 Å². The van der Waals surface area contributed by atoms with Gasteiger partial charge in [0, 0.05) is 0 Å². The maximum absolute atomic E-state index is 11.0. The van der Waals surface area contributed by atoms with E-state index in [1.54, 1.807) is 0 Å². The van der Waals surface area contributed by atoms with Crippen LogP contribution in [-0.4, -0.2) is 226 Å². The first-order chi connectivity index (χ1) is 21.5. The van der Waals surface area contributed by atoms with Crippen molar-refractivity contribution in [3.8, 4) is 0 Å². The number of hydrogen-bond acceptors (Lipinski definition) is 22. The zero-order valence-electron chi connectivity index (χ0n) is 23.9.